The van der Waals surface area contributed by atoms with E-state index in [1.807, 2.05) is 4.90 Å². The Kier molecular flexibility index (Phi) is 35.9. The number of unbranched alkanes of at least 4 members (excludes halogenated alkanes) is 28. The van der Waals surface area contributed by atoms with Crippen LogP contribution in [-0.4, -0.2) is 80.0 Å². The van der Waals surface area contributed by atoms with E-state index in [-0.39, 0.29) is 17.7 Å². The Morgan fingerprint density at radius 3 is 1.13 bits per heavy atom. The first-order chi connectivity index (χ1) is 26.0. The van der Waals surface area contributed by atoms with E-state index in [1.165, 1.54) is 154 Å². The highest BCUT2D eigenvalue weighted by Crippen LogP contribution is 2.16. The Balaban J connectivity index is 4.57. The van der Waals surface area contributed by atoms with Gasteiger partial charge in [0.1, 0.15) is 12.1 Å². The lowest BCUT2D eigenvalue weighted by atomic mass is 10.0. The Hall–Kier alpha value is -1.63. The lowest BCUT2D eigenvalue weighted by molar-refractivity contribution is -0.870. The van der Waals surface area contributed by atoms with Crippen molar-refractivity contribution in [3.05, 3.63) is 0 Å². The monoisotopic (exact) mass is 764 g/mol. The van der Waals surface area contributed by atoms with Gasteiger partial charge in [-0.2, -0.15) is 0 Å². The second-order valence-electron chi connectivity index (χ2n) is 17.9. The van der Waals surface area contributed by atoms with Crippen LogP contribution in [0, 0.1) is 0 Å². The molecule has 0 aromatic rings. The summed E-state index contributed by atoms with van der Waals surface area (Å²) < 4.78 is 0.927. The highest BCUT2D eigenvalue weighted by atomic mass is 16.2. The molecule has 2 unspecified atom stereocenters. The number of quaternary nitrogens is 1. The summed E-state index contributed by atoms with van der Waals surface area (Å²) in [6.45, 7) is 10.7. The predicted molar refractivity (Wildman–Crippen MR) is 234 cm³/mol. The van der Waals surface area contributed by atoms with Crippen molar-refractivity contribution in [2.24, 2.45) is 0 Å². The molecule has 3 amide bonds. The largest absolute Gasteiger partial charge is 0.345 e. The fourth-order valence-corrected chi connectivity index (χ4v) is 7.43. The molecule has 2 atom stereocenters. The molecule has 0 aliphatic heterocycles. The van der Waals surface area contributed by atoms with E-state index in [2.05, 4.69) is 45.6 Å². The van der Waals surface area contributed by atoms with Crippen LogP contribution in [0.1, 0.15) is 233 Å². The molecule has 0 aliphatic carbocycles. The second-order valence-corrected chi connectivity index (χ2v) is 17.9. The van der Waals surface area contributed by atoms with Gasteiger partial charge in [-0.15, -0.1) is 0 Å². The molecule has 0 heterocycles. The van der Waals surface area contributed by atoms with Gasteiger partial charge < -0.3 is 20.0 Å². The standard InChI is InChI=1S/C47H94N4O3/c1-8-10-12-14-16-18-20-22-24-26-28-30-32-36-40-50(41-37-33-31-29-27-25-23-21-19-17-15-13-11-9-2)47(54)44(4)49-46(53)43(3)48-45(52)39-35-34-38-42-51(5,6)7/h43-44H,8-42H2,1-7H3,(H-,48,49,52,53)/p+1. The van der Waals surface area contributed by atoms with E-state index >= 15 is 0 Å². The quantitative estimate of drug-likeness (QED) is 0.0482. The van der Waals surface area contributed by atoms with Gasteiger partial charge >= 0.3 is 0 Å². The zero-order valence-electron chi connectivity index (χ0n) is 37.5. The van der Waals surface area contributed by atoms with Crippen LogP contribution in [0.25, 0.3) is 0 Å². The molecule has 0 aromatic heterocycles. The van der Waals surface area contributed by atoms with Gasteiger partial charge in [-0.3, -0.25) is 14.4 Å². The van der Waals surface area contributed by atoms with Crippen LogP contribution in [0.2, 0.25) is 0 Å². The van der Waals surface area contributed by atoms with Crippen molar-refractivity contribution < 1.29 is 18.9 Å². The van der Waals surface area contributed by atoms with E-state index in [4.69, 9.17) is 0 Å². The number of nitrogens with zero attached hydrogens (tertiary/aromatic N) is 2. The van der Waals surface area contributed by atoms with E-state index < -0.39 is 12.1 Å². The minimum absolute atomic E-state index is 0.00326. The fourth-order valence-electron chi connectivity index (χ4n) is 7.43. The summed E-state index contributed by atoms with van der Waals surface area (Å²) in [4.78, 5) is 41.2. The van der Waals surface area contributed by atoms with Crippen LogP contribution in [0.5, 0.6) is 0 Å². The molecule has 0 rings (SSSR count). The van der Waals surface area contributed by atoms with Crippen molar-refractivity contribution >= 4 is 17.7 Å². The molecule has 0 radical (unpaired) electrons. The van der Waals surface area contributed by atoms with Crippen molar-refractivity contribution in [3.63, 3.8) is 0 Å². The average molecular weight is 764 g/mol. The Morgan fingerprint density at radius 1 is 0.444 bits per heavy atom. The van der Waals surface area contributed by atoms with E-state index in [9.17, 15) is 14.4 Å². The molecule has 2 N–H and O–H groups in total. The van der Waals surface area contributed by atoms with Crippen molar-refractivity contribution in [3.8, 4) is 0 Å². The summed E-state index contributed by atoms with van der Waals surface area (Å²) in [5.74, 6) is -0.384. The molecule has 0 bridgehead atoms. The van der Waals surface area contributed by atoms with Gasteiger partial charge in [-0.1, -0.05) is 181 Å². The van der Waals surface area contributed by atoms with E-state index in [1.54, 1.807) is 13.8 Å². The lowest BCUT2D eigenvalue weighted by Gasteiger charge is -2.27. The summed E-state index contributed by atoms with van der Waals surface area (Å²) in [5, 5.41) is 5.76. The zero-order valence-corrected chi connectivity index (χ0v) is 37.5. The van der Waals surface area contributed by atoms with Gasteiger partial charge in [0.05, 0.1) is 27.7 Å². The van der Waals surface area contributed by atoms with Gasteiger partial charge in [-0.25, -0.2) is 0 Å². The molecule has 0 saturated carbocycles. The number of hydrogen-bond acceptors (Lipinski definition) is 3. The fraction of sp³-hybridized carbons (Fsp3) is 0.936. The zero-order chi connectivity index (χ0) is 40.1. The van der Waals surface area contributed by atoms with E-state index in [0.717, 1.165) is 69.1 Å². The number of rotatable bonds is 40. The molecule has 0 aliphatic rings. The minimum atomic E-state index is -0.663. The molecule has 0 fully saturated rings. The maximum absolute atomic E-state index is 13.6. The SMILES string of the molecule is CCCCCCCCCCCCCCCCN(CCCCCCCCCCCCCCCC)C(=O)C(C)NC(=O)C(C)NC(=O)CCCCC[N+](C)(C)C. The maximum Gasteiger partial charge on any atom is 0.244 e. The van der Waals surface area contributed by atoms with Gasteiger partial charge in [0.25, 0.3) is 0 Å². The second kappa shape index (κ2) is 37.0. The predicted octanol–water partition coefficient (Wildman–Crippen LogP) is 12.1. The van der Waals surface area contributed by atoms with Crippen molar-refractivity contribution in [1.82, 2.24) is 15.5 Å². The molecule has 0 aromatic carbocycles. The van der Waals surface area contributed by atoms with E-state index in [0.29, 0.717) is 6.42 Å². The van der Waals surface area contributed by atoms with Crippen LogP contribution < -0.4 is 10.6 Å². The number of nitrogens with one attached hydrogen (secondary N) is 2. The first-order valence-corrected chi connectivity index (χ1v) is 23.7. The van der Waals surface area contributed by atoms with Crippen LogP contribution in [-0.2, 0) is 14.4 Å². The van der Waals surface area contributed by atoms with Crippen LogP contribution in [0.3, 0.4) is 0 Å². The van der Waals surface area contributed by atoms with Crippen LogP contribution in [0.15, 0.2) is 0 Å². The maximum atomic E-state index is 13.6. The van der Waals surface area contributed by atoms with Gasteiger partial charge in [-0.05, 0) is 46.0 Å². The smallest absolute Gasteiger partial charge is 0.244 e. The number of amides is 3. The third-order valence-corrected chi connectivity index (χ3v) is 11.1. The van der Waals surface area contributed by atoms with Crippen molar-refractivity contribution in [2.75, 3.05) is 40.8 Å². The van der Waals surface area contributed by atoms with Gasteiger partial charge in [0, 0.05) is 19.5 Å². The first-order valence-electron chi connectivity index (χ1n) is 23.7. The lowest BCUT2D eigenvalue weighted by Crippen LogP contribution is -2.52. The summed E-state index contributed by atoms with van der Waals surface area (Å²) in [7, 11) is 6.54. The molecule has 0 spiro atoms. The molecule has 320 valence electrons. The molecule has 54 heavy (non-hydrogen) atoms. The number of hydrogen-bond donors (Lipinski definition) is 2. The topological polar surface area (TPSA) is 78.5 Å². The molecule has 7 nitrogen and oxygen atoms in total. The first kappa shape index (κ1) is 52.4. The van der Waals surface area contributed by atoms with Gasteiger partial charge in [0.15, 0.2) is 0 Å². The molecule has 0 saturated heterocycles. The Labute approximate surface area is 337 Å². The average Bonchev–Trinajstić information content (AvgIpc) is 3.13. The van der Waals surface area contributed by atoms with Crippen LogP contribution >= 0.6 is 0 Å². The Bertz CT molecular complexity index is 842. The normalized spacial score (nSPS) is 12.8. The third kappa shape index (κ3) is 34.8. The van der Waals surface area contributed by atoms with Gasteiger partial charge in [0.2, 0.25) is 17.7 Å². The molecular formula is C47H95N4O3+. The highest BCUT2D eigenvalue weighted by molar-refractivity contribution is 5.91. The molecule has 7 heteroatoms. The third-order valence-electron chi connectivity index (χ3n) is 11.1. The van der Waals surface area contributed by atoms with Crippen LogP contribution in [0.4, 0.5) is 0 Å². The highest BCUT2D eigenvalue weighted by Gasteiger charge is 2.24. The summed E-state index contributed by atoms with van der Waals surface area (Å²) in [6, 6.07) is -1.27. The molecular weight excluding hydrogens is 669 g/mol. The summed E-state index contributed by atoms with van der Waals surface area (Å²) >= 11 is 0. The minimum Gasteiger partial charge on any atom is -0.345 e. The van der Waals surface area contributed by atoms with Crippen molar-refractivity contribution in [1.29, 1.82) is 0 Å². The summed E-state index contributed by atoms with van der Waals surface area (Å²) in [5.41, 5.74) is 0. The number of carbonyl (C=O) groups is 3. The number of carbonyl (C=O) groups excluding carboxylic acids is 3. The Morgan fingerprint density at radius 2 is 0.778 bits per heavy atom. The van der Waals surface area contributed by atoms with Crippen molar-refractivity contribution in [2.45, 2.75) is 245 Å². The summed E-state index contributed by atoms with van der Waals surface area (Å²) in [6.07, 6.45) is 40.3.